The van der Waals surface area contributed by atoms with E-state index in [9.17, 15) is 40.3 Å². The normalized spacial score (nSPS) is 16.3. The molecule has 0 bridgehead atoms. The molecule has 4 aliphatic heterocycles. The largest absolute Gasteiger partial charge is 0.456 e. The summed E-state index contributed by atoms with van der Waals surface area (Å²) in [7, 11) is -6.67. The summed E-state index contributed by atoms with van der Waals surface area (Å²) < 4.78 is 121. The summed E-state index contributed by atoms with van der Waals surface area (Å²) in [5.41, 5.74) is 0.308. The van der Waals surface area contributed by atoms with Crippen LogP contribution in [0.15, 0.2) is 72.8 Å². The van der Waals surface area contributed by atoms with Crippen LogP contribution in [0.5, 0.6) is 11.5 Å². The topological polar surface area (TPSA) is 229 Å². The van der Waals surface area contributed by atoms with Crippen LogP contribution < -0.4 is 30.1 Å². The van der Waals surface area contributed by atoms with E-state index in [4.69, 9.17) is 14.3 Å². The molecule has 0 atom stereocenters. The minimum Gasteiger partial charge on any atom is -0.456 e. The molecule has 2 aromatic heterocycles. The van der Waals surface area contributed by atoms with Gasteiger partial charge in [0.1, 0.15) is 39.3 Å². The molecule has 0 saturated carbocycles. The van der Waals surface area contributed by atoms with E-state index < -0.39 is 81.8 Å². The standard InChI is InChI=1S/C46H42F2N4O13S6/c1-45(2)26-16-37(69-65-64-56)67-42(26)22-14-24-31(19-29(22)50(45)5)63-32-20-30-23(43-27(46(3,4)51(30)6)17-38(68-43)70(57,58)59)15-25(32)39(24)40-41(48)33(18-28(47)44(40)71(60,61)62)66-21-34(53)49-12-8-7-9-13-52-35(54)10-11-36(52)55/h10-11,14-20H,7-9,12-13,21H2,1-6H3,(H3-,49,53,56,57,58,59,60,61,62)/p+1. The summed E-state index contributed by atoms with van der Waals surface area (Å²) in [6.07, 6.45) is 3.92. The number of thiophene rings is 2. The first kappa shape index (κ1) is 50.9. The predicted molar refractivity (Wildman–Crippen MR) is 262 cm³/mol. The van der Waals surface area contributed by atoms with E-state index in [0.717, 1.165) is 33.8 Å². The molecule has 0 spiro atoms. The van der Waals surface area contributed by atoms with Crippen LogP contribution in [0.1, 0.15) is 69.2 Å². The molecule has 25 heteroatoms. The summed E-state index contributed by atoms with van der Waals surface area (Å²) in [6.45, 7) is 8.05. The predicted octanol–water partition coefficient (Wildman–Crippen LogP) is 7.05. The van der Waals surface area contributed by atoms with E-state index in [1.54, 1.807) is 31.3 Å². The molecule has 0 fully saturated rings. The Morgan fingerprint density at radius 2 is 1.58 bits per heavy atom. The number of thioether (sulfide) groups is 1. The van der Waals surface area contributed by atoms with Gasteiger partial charge in [0.15, 0.2) is 5.54 Å². The first-order valence-electron chi connectivity index (χ1n) is 21.6. The van der Waals surface area contributed by atoms with Gasteiger partial charge in [-0.3, -0.25) is 28.4 Å². The Bertz CT molecular complexity index is 3540. The number of halogens is 2. The zero-order valence-electron chi connectivity index (χ0n) is 38.4. The molecule has 3 amide bonds. The summed E-state index contributed by atoms with van der Waals surface area (Å²) in [6, 6.07) is 10.3. The smallest absolute Gasteiger partial charge is 0.304 e. The quantitative estimate of drug-likeness (QED) is 0.0118. The fourth-order valence-corrected chi connectivity index (χ4v) is 14.6. The Hall–Kier alpha value is -5.06. The maximum atomic E-state index is 17.8. The third-order valence-corrected chi connectivity index (χ3v) is 19.5. The Morgan fingerprint density at radius 3 is 2.25 bits per heavy atom. The summed E-state index contributed by atoms with van der Waals surface area (Å²) in [5.74, 6) is -4.45. The van der Waals surface area contributed by atoms with Crippen LogP contribution in [-0.2, 0) is 55.1 Å². The lowest BCUT2D eigenvalue weighted by molar-refractivity contribution is -0.432. The highest BCUT2D eigenvalue weighted by molar-refractivity contribution is 8.00. The number of fused-ring (bicyclic) bond motifs is 8. The van der Waals surface area contributed by atoms with Crippen molar-refractivity contribution in [1.82, 2.24) is 14.8 Å². The van der Waals surface area contributed by atoms with Crippen LogP contribution in [0.2, 0.25) is 0 Å². The number of hydrogen-bond donors (Lipinski definition) is 4. The molecule has 5 aromatic rings. The van der Waals surface area contributed by atoms with Gasteiger partial charge in [0.05, 0.1) is 44.1 Å². The van der Waals surface area contributed by atoms with Crippen molar-refractivity contribution in [3.8, 4) is 32.4 Å². The number of carbonyl (C=O) groups excluding carboxylic acids is 3. The van der Waals surface area contributed by atoms with Crippen molar-refractivity contribution >= 4 is 95.7 Å². The molecule has 0 radical (unpaired) electrons. The zero-order chi connectivity index (χ0) is 51.3. The van der Waals surface area contributed by atoms with E-state index in [0.29, 0.717) is 78.8 Å². The number of nitrogens with one attached hydrogen (secondary N) is 1. The van der Waals surface area contributed by atoms with Gasteiger partial charge in [0, 0.05) is 101 Å². The van der Waals surface area contributed by atoms with Crippen molar-refractivity contribution in [2.45, 2.75) is 76.2 Å². The molecule has 4 aliphatic rings. The number of imide groups is 1. The van der Waals surface area contributed by atoms with E-state index in [-0.39, 0.29) is 45.2 Å². The van der Waals surface area contributed by atoms with E-state index in [2.05, 4.69) is 10.4 Å². The molecular weight excluding hydrogens is 1050 g/mol. The van der Waals surface area contributed by atoms with Gasteiger partial charge in [0.25, 0.3) is 21.9 Å². The van der Waals surface area contributed by atoms with Gasteiger partial charge in [-0.15, -0.1) is 38.8 Å². The van der Waals surface area contributed by atoms with Gasteiger partial charge < -0.3 is 15.0 Å². The Kier molecular flexibility index (Phi) is 13.2. The molecule has 0 saturated heterocycles. The van der Waals surface area contributed by atoms with Crippen molar-refractivity contribution in [2.75, 3.05) is 37.8 Å². The molecule has 17 nitrogen and oxygen atoms in total. The Morgan fingerprint density at radius 1 is 0.873 bits per heavy atom. The first-order chi connectivity index (χ1) is 33.3. The highest BCUT2D eigenvalue weighted by Gasteiger charge is 2.44. The molecule has 0 aliphatic carbocycles. The van der Waals surface area contributed by atoms with Crippen molar-refractivity contribution in [3.05, 3.63) is 99.1 Å². The van der Waals surface area contributed by atoms with Crippen LogP contribution in [0, 0.1) is 11.6 Å². The second-order valence-corrected chi connectivity index (χ2v) is 25.1. The summed E-state index contributed by atoms with van der Waals surface area (Å²) in [5, 5.41) is 16.0. The van der Waals surface area contributed by atoms with Gasteiger partial charge >= 0.3 is 10.1 Å². The number of nitrogens with zero attached hydrogens (tertiary/aromatic N) is 3. The van der Waals surface area contributed by atoms with Crippen LogP contribution in [0.25, 0.3) is 26.5 Å². The average Bonchev–Trinajstić information content (AvgIpc) is 4.04. The lowest BCUT2D eigenvalue weighted by Crippen LogP contribution is -2.46. The maximum absolute atomic E-state index is 17.8. The van der Waals surface area contributed by atoms with Crippen LogP contribution in [0.3, 0.4) is 0 Å². The maximum Gasteiger partial charge on any atom is 0.304 e. The number of unbranched alkanes of at least 4 members (excludes halogenated alkanes) is 2. The van der Waals surface area contributed by atoms with Crippen molar-refractivity contribution < 1.29 is 68.5 Å². The highest BCUT2D eigenvalue weighted by atomic mass is 32.3. The van der Waals surface area contributed by atoms with Crippen molar-refractivity contribution in [1.29, 1.82) is 0 Å². The number of carbonyl (C=O) groups is 3. The fraction of sp³-hybridized carbons (Fsp3) is 0.304. The highest BCUT2D eigenvalue weighted by Crippen LogP contribution is 2.55. The minimum absolute atomic E-state index is 0.0236. The summed E-state index contributed by atoms with van der Waals surface area (Å²) in [4.78, 5) is 39.1. The number of hydrogen-bond acceptors (Lipinski definition) is 16. The molecule has 374 valence electrons. The molecular formula is C46H43F2N4O13S6+. The van der Waals surface area contributed by atoms with Crippen molar-refractivity contribution in [3.63, 3.8) is 0 Å². The number of rotatable bonds is 15. The Balaban J connectivity index is 1.21. The average molecular weight is 1090 g/mol. The van der Waals surface area contributed by atoms with Gasteiger partial charge in [-0.2, -0.15) is 16.8 Å². The van der Waals surface area contributed by atoms with E-state index in [1.807, 2.05) is 50.3 Å². The van der Waals surface area contributed by atoms with Crippen molar-refractivity contribution in [2.24, 2.45) is 0 Å². The number of amides is 3. The molecule has 3 aromatic carbocycles. The fourth-order valence-electron chi connectivity index (χ4n) is 9.19. The lowest BCUT2D eigenvalue weighted by atomic mass is 9.83. The molecule has 71 heavy (non-hydrogen) atoms. The first-order valence-corrected chi connectivity index (χ1v) is 27.8. The van der Waals surface area contributed by atoms with Crippen LogP contribution in [0.4, 0.5) is 14.5 Å². The van der Waals surface area contributed by atoms with Gasteiger partial charge in [-0.05, 0) is 69.0 Å². The molecule has 6 heterocycles. The summed E-state index contributed by atoms with van der Waals surface area (Å²) >= 11 is 3.39. The number of benzene rings is 3. The van der Waals surface area contributed by atoms with E-state index in [1.165, 1.54) is 29.6 Å². The van der Waals surface area contributed by atoms with Crippen LogP contribution >= 0.6 is 46.5 Å². The second-order valence-electron chi connectivity index (χ2n) is 18.0. The molecule has 4 N–H and O–H groups in total. The zero-order valence-corrected chi connectivity index (χ0v) is 43.3. The third kappa shape index (κ3) is 8.91. The van der Waals surface area contributed by atoms with Gasteiger partial charge in [-0.1, -0.05) is 5.04 Å². The Labute approximate surface area is 422 Å². The number of anilines is 1. The lowest BCUT2D eigenvalue weighted by Gasteiger charge is -2.43. The van der Waals surface area contributed by atoms with Gasteiger partial charge in [0.2, 0.25) is 11.3 Å². The molecule has 9 rings (SSSR count). The van der Waals surface area contributed by atoms with Crippen LogP contribution in [-0.4, -0.2) is 86.8 Å². The SMILES string of the molecule is CN1c2cc3c(cc2-c2sc(SOOO)cc2C1(C)C)C(c1c(F)c(SCC(=O)NCCCCCN2C(=O)C=CC2=O)cc(F)c1S(=O)(=O)O)=c1cc2c(cc1O3)=[N+](C)C(C)(C)c1cc(S(=O)(=O)O)sc1-2. The monoisotopic (exact) mass is 1090 g/mol. The third-order valence-electron chi connectivity index (χ3n) is 13.3. The van der Waals surface area contributed by atoms with Gasteiger partial charge in [-0.25, -0.2) is 18.6 Å². The molecule has 0 unspecified atom stereocenters. The minimum atomic E-state index is -5.58. The van der Waals surface area contributed by atoms with E-state index >= 15 is 8.78 Å². The second kappa shape index (κ2) is 18.5. The number of ether oxygens (including phenoxy) is 1.